The summed E-state index contributed by atoms with van der Waals surface area (Å²) in [6, 6.07) is 21.1. The third-order valence-electron chi connectivity index (χ3n) is 6.52. The van der Waals surface area contributed by atoms with E-state index in [1.165, 1.54) is 27.8 Å². The standard InChI is InChI=1S/C13H9.C12H7BrN.2ClH.H2S.Zr/c1-3-7-12-10(5-1)9-11-6-2-4-8-13(11)12;13-10-1-2-11-9(6-10)5-8-3-4-14-7-12(8)11;;;;/h1-7H,9H2;1-2,4-7,12H;2*1H;1H2;/q;;;;;+3/p-3. The van der Waals surface area contributed by atoms with Crippen molar-refractivity contribution in [3.8, 4) is 11.1 Å². The van der Waals surface area contributed by atoms with Crippen LogP contribution >= 0.6 is 42.3 Å². The molecule has 0 fully saturated rings. The molecule has 0 N–H and O–H groups in total. The average Bonchev–Trinajstić information content (AvgIpc) is 3.30. The predicted octanol–water partition coefficient (Wildman–Crippen LogP) is 7.59. The van der Waals surface area contributed by atoms with Crippen molar-refractivity contribution in [2.24, 2.45) is 4.99 Å². The van der Waals surface area contributed by atoms with Crippen LogP contribution < -0.4 is 3.27 Å². The average molecular weight is 606 g/mol. The summed E-state index contributed by atoms with van der Waals surface area (Å²) in [4.78, 5) is 4.59. The Morgan fingerprint density at radius 1 is 1.00 bits per heavy atom. The van der Waals surface area contributed by atoms with E-state index in [9.17, 15) is 0 Å². The Hall–Kier alpha value is -0.897. The van der Waals surface area contributed by atoms with Crippen LogP contribution in [-0.2, 0) is 21.4 Å². The van der Waals surface area contributed by atoms with E-state index in [2.05, 4.69) is 87.7 Å². The van der Waals surface area contributed by atoms with Crippen LogP contribution in [0.25, 0.3) is 17.2 Å². The molecule has 2 aliphatic carbocycles. The van der Waals surface area contributed by atoms with Gasteiger partial charge in [-0.05, 0) is 0 Å². The van der Waals surface area contributed by atoms with Crippen molar-refractivity contribution in [1.82, 2.24) is 0 Å². The van der Waals surface area contributed by atoms with E-state index < -0.39 is 14.9 Å². The van der Waals surface area contributed by atoms with Crippen LogP contribution in [0, 0.1) is 0 Å². The summed E-state index contributed by atoms with van der Waals surface area (Å²) in [7, 11) is 20.3. The van der Waals surface area contributed by atoms with Gasteiger partial charge in [0.05, 0.1) is 0 Å². The molecule has 3 aromatic carbocycles. The van der Waals surface area contributed by atoms with E-state index in [-0.39, 0.29) is 5.92 Å². The maximum absolute atomic E-state index is 7.53. The van der Waals surface area contributed by atoms with E-state index in [1.807, 2.05) is 12.4 Å². The monoisotopic (exact) mass is 602 g/mol. The van der Waals surface area contributed by atoms with E-state index in [0.29, 0.717) is 0 Å². The summed E-state index contributed by atoms with van der Waals surface area (Å²) in [6.07, 6.45) is 6.93. The summed E-state index contributed by atoms with van der Waals surface area (Å²) in [5, 5.41) is 0. The molecule has 3 aliphatic rings. The van der Waals surface area contributed by atoms with E-state index >= 15 is 0 Å². The molecule has 0 amide bonds. The molecule has 31 heavy (non-hydrogen) atoms. The zero-order chi connectivity index (χ0) is 21.4. The second-order valence-corrected chi connectivity index (χ2v) is 35.1. The predicted molar refractivity (Wildman–Crippen MR) is 136 cm³/mol. The fourth-order valence-corrected chi connectivity index (χ4v) is 17.3. The summed E-state index contributed by atoms with van der Waals surface area (Å²) in [5.74, 6) is 0.0599. The fraction of sp³-hybridized carbons (Fsp3) is 0.0800. The van der Waals surface area contributed by atoms with E-state index in [0.717, 1.165) is 28.6 Å². The van der Waals surface area contributed by atoms with Gasteiger partial charge in [-0.3, -0.25) is 0 Å². The van der Waals surface area contributed by atoms with Crippen LogP contribution in [0.2, 0.25) is 0 Å². The van der Waals surface area contributed by atoms with Crippen molar-refractivity contribution < 1.29 is 14.9 Å². The van der Waals surface area contributed by atoms with Gasteiger partial charge in [0.25, 0.3) is 0 Å². The Labute approximate surface area is 201 Å². The number of benzene rings is 3. The summed E-state index contributed by atoms with van der Waals surface area (Å²) >= 11 is -1.38. The summed E-state index contributed by atoms with van der Waals surface area (Å²) in [5.41, 5.74) is 8.47. The second-order valence-electron chi connectivity index (χ2n) is 8.33. The first-order chi connectivity index (χ1) is 14.8. The molecule has 6 heteroatoms. The van der Waals surface area contributed by atoms with Crippen molar-refractivity contribution in [2.75, 3.05) is 0 Å². The second kappa shape index (κ2) is 7.05. The Balaban J connectivity index is 1.56. The Kier molecular flexibility index (Phi) is 4.71. The minimum atomic E-state index is -4.96. The van der Waals surface area contributed by atoms with Gasteiger partial charge < -0.3 is 0 Å². The SMILES string of the molecule is [SH][Zr]([Cl])([Cl])([C]1=CN=CC2C1=Cc1cc(Br)ccc12)[c]1cccc2c1-c1ccccc1C2. The number of rotatable bonds is 2. The molecular weight excluding hydrogens is 588 g/mol. The normalized spacial score (nSPS) is 19.5. The van der Waals surface area contributed by atoms with Gasteiger partial charge in [-0.1, -0.05) is 0 Å². The van der Waals surface area contributed by atoms with Gasteiger partial charge in [0.15, 0.2) is 0 Å². The first-order valence-corrected chi connectivity index (χ1v) is 23.4. The van der Waals surface area contributed by atoms with Crippen LogP contribution in [-0.4, -0.2) is 6.21 Å². The molecule has 1 unspecified atom stereocenters. The number of hydrogen-bond donors (Lipinski definition) is 1. The number of allylic oxidation sites excluding steroid dienone is 2. The van der Waals surface area contributed by atoms with Crippen LogP contribution in [0.1, 0.15) is 28.2 Å². The van der Waals surface area contributed by atoms with Crippen LogP contribution in [0.3, 0.4) is 0 Å². The molecule has 0 radical (unpaired) electrons. The Bertz CT molecular complexity index is 1380. The van der Waals surface area contributed by atoms with Gasteiger partial charge in [0.2, 0.25) is 0 Å². The van der Waals surface area contributed by atoms with Crippen molar-refractivity contribution in [3.63, 3.8) is 0 Å². The molecule has 1 aliphatic heterocycles. The third-order valence-corrected chi connectivity index (χ3v) is 21.2. The number of aliphatic imine (C=N–C) groups is 1. The van der Waals surface area contributed by atoms with Gasteiger partial charge in [-0.25, -0.2) is 0 Å². The first kappa shape index (κ1) is 20.7. The van der Waals surface area contributed by atoms with Crippen molar-refractivity contribution in [3.05, 3.63) is 102 Å². The molecule has 0 aromatic heterocycles. The number of fused-ring (bicyclic) bond motifs is 6. The molecule has 3 aromatic rings. The van der Waals surface area contributed by atoms with Crippen LogP contribution in [0.15, 0.2) is 85.2 Å². The van der Waals surface area contributed by atoms with Crippen LogP contribution in [0.5, 0.6) is 0 Å². The van der Waals surface area contributed by atoms with Gasteiger partial charge >= 0.3 is 204 Å². The van der Waals surface area contributed by atoms with Crippen molar-refractivity contribution in [1.29, 1.82) is 0 Å². The van der Waals surface area contributed by atoms with Gasteiger partial charge in [-0.2, -0.15) is 0 Å². The molecule has 0 spiro atoms. The molecular formula is C25H17BrCl2NSZr. The fourth-order valence-electron chi connectivity index (χ4n) is 5.11. The Morgan fingerprint density at radius 3 is 2.68 bits per heavy atom. The van der Waals surface area contributed by atoms with E-state index in [1.54, 1.807) is 0 Å². The number of nitrogens with zero attached hydrogens (tertiary/aromatic N) is 1. The molecule has 1 atom stereocenters. The number of halogens is 3. The molecule has 1 nitrogen and oxygen atoms in total. The molecule has 1 heterocycles. The number of hydrogen-bond acceptors (Lipinski definition) is 2. The summed E-state index contributed by atoms with van der Waals surface area (Å²) < 4.78 is 2.94. The molecule has 0 saturated heterocycles. The molecule has 153 valence electrons. The van der Waals surface area contributed by atoms with E-state index in [4.69, 9.17) is 26.4 Å². The Morgan fingerprint density at radius 2 is 1.81 bits per heavy atom. The quantitative estimate of drug-likeness (QED) is 0.226. The van der Waals surface area contributed by atoms with Crippen molar-refractivity contribution >= 4 is 57.9 Å². The molecule has 6 rings (SSSR count). The van der Waals surface area contributed by atoms with Gasteiger partial charge in [0.1, 0.15) is 0 Å². The van der Waals surface area contributed by atoms with Crippen molar-refractivity contribution in [2.45, 2.75) is 12.3 Å². The minimum absolute atomic E-state index is 0.0599. The summed E-state index contributed by atoms with van der Waals surface area (Å²) in [6.45, 7) is 0. The third kappa shape index (κ3) is 3.10. The van der Waals surface area contributed by atoms with Gasteiger partial charge in [-0.15, -0.1) is 0 Å². The molecule has 0 bridgehead atoms. The molecule has 0 saturated carbocycles. The first-order valence-electron chi connectivity index (χ1n) is 10.1. The van der Waals surface area contributed by atoms with Crippen LogP contribution in [0.4, 0.5) is 0 Å². The van der Waals surface area contributed by atoms with Gasteiger partial charge in [0, 0.05) is 0 Å². The topological polar surface area (TPSA) is 12.4 Å². The maximum atomic E-state index is 7.53. The number of thiol groups is 1. The zero-order valence-corrected chi connectivity index (χ0v) is 22.8. The zero-order valence-electron chi connectivity index (χ0n) is 16.3.